The molecule has 0 saturated heterocycles. The number of nitrogens with two attached hydrogens (primary N) is 1. The summed E-state index contributed by atoms with van der Waals surface area (Å²) in [5, 5.41) is 59.9. The van der Waals surface area contributed by atoms with Crippen LogP contribution in [0.4, 0.5) is 32.0 Å². The van der Waals surface area contributed by atoms with Crippen molar-refractivity contribution in [2.75, 3.05) is 31.4 Å². The molecule has 25 nitrogen and oxygen atoms in total. The van der Waals surface area contributed by atoms with Crippen molar-refractivity contribution >= 4 is 97.7 Å². The van der Waals surface area contributed by atoms with Crippen molar-refractivity contribution in [1.82, 2.24) is 46.9 Å². The van der Waals surface area contributed by atoms with Crippen LogP contribution in [0.25, 0.3) is 73.3 Å². The Morgan fingerprint density at radius 1 is 0.411 bits per heavy atom. The topological polar surface area (TPSA) is 350 Å². The van der Waals surface area contributed by atoms with Crippen molar-refractivity contribution in [2.24, 2.45) is 0 Å². The number of nitrogen functional groups attached to an aromatic ring is 1. The second kappa shape index (κ2) is 43.4. The van der Waals surface area contributed by atoms with Crippen LogP contribution in [0.2, 0.25) is 0 Å². The lowest BCUT2D eigenvalue weighted by Gasteiger charge is -2.12. The van der Waals surface area contributed by atoms with E-state index in [1.165, 1.54) is 62.4 Å². The van der Waals surface area contributed by atoms with Gasteiger partial charge in [0, 0.05) is 65.3 Å². The highest BCUT2D eigenvalue weighted by molar-refractivity contribution is 9.10. The first-order valence-electron chi connectivity index (χ1n) is 37.1. The number of carbonyl (C=O) groups excluding carboxylic acids is 1. The molecule has 0 fully saturated rings. The summed E-state index contributed by atoms with van der Waals surface area (Å²) in [6.45, 7) is 1.91. The molecule has 0 amide bonds. The Morgan fingerprint density at radius 2 is 0.718 bits per heavy atom. The standard InChI is InChI=1S/C24H19F3N2O2.2C15H12N2O3.C13H10N2O.C8H8F3N.C7H5BrN2.C6H7BO3.C2H3ClO2/c1-16-5-6-17(13-21(16)24(25,26)27)12-19(30)15-31-20-9-7-18(8-10-20)22-14-28-23-4-2-3-11-29(22)23;2*18-15(19)10-20-12-6-4-11(5-7-12)13-9-16-14-3-1-2-8-17(13)14;16-11-6-4-10(5-7-11)12-9-14-13-3-1-2-8-15(12)13;1-5-2-3-6(12)4-7(5)8(9,10)11;8-6-5-9-7-3-1-2-4-10(6)7;8-6-3-1-5(2-4-6)7(9)10;3-1-2(4)5/h2-11,13-14H,12,15H2,1H3;2*1-9H,10H2,(H,18,19);1-9,16H;2-4H,12H2,1H3;1-5H;1-4,8-10H;1H2,(H,4,5). The van der Waals surface area contributed by atoms with Gasteiger partial charge in [0.2, 0.25) is 0 Å². The molecule has 0 spiro atoms. The number of aliphatic carboxylic acids is 3. The summed E-state index contributed by atoms with van der Waals surface area (Å²) < 4.78 is 102. The Kier molecular flexibility index (Phi) is 32.1. The number of fused-ring (bicyclic) bond motifs is 5. The van der Waals surface area contributed by atoms with Gasteiger partial charge in [0.1, 0.15) is 74.1 Å². The summed E-state index contributed by atoms with van der Waals surface area (Å²) >= 11 is 8.10. The number of phenols is 2. The van der Waals surface area contributed by atoms with E-state index < -0.39 is 48.5 Å². The lowest BCUT2D eigenvalue weighted by Crippen LogP contribution is -2.29. The summed E-state index contributed by atoms with van der Waals surface area (Å²) in [6, 6.07) is 71.5. The van der Waals surface area contributed by atoms with Gasteiger partial charge in [0.05, 0.1) is 64.9 Å². The van der Waals surface area contributed by atoms with Crippen LogP contribution in [0.1, 0.15) is 27.8 Å². The van der Waals surface area contributed by atoms with E-state index in [9.17, 15) is 50.6 Å². The van der Waals surface area contributed by atoms with E-state index in [4.69, 9.17) is 62.0 Å². The molecule has 0 aliphatic heterocycles. The van der Waals surface area contributed by atoms with E-state index in [2.05, 4.69) is 40.8 Å². The van der Waals surface area contributed by atoms with E-state index in [0.717, 1.165) is 90.0 Å². The Morgan fingerprint density at radius 3 is 1.04 bits per heavy atom. The molecule has 17 rings (SSSR count). The fourth-order valence-corrected chi connectivity index (χ4v) is 12.1. The highest BCUT2D eigenvalue weighted by atomic mass is 79.9. The van der Waals surface area contributed by atoms with Crippen molar-refractivity contribution in [3.8, 4) is 73.8 Å². The van der Waals surface area contributed by atoms with Crippen LogP contribution in [0.3, 0.4) is 0 Å². The number of pyridine rings is 5. The summed E-state index contributed by atoms with van der Waals surface area (Å²) in [6.07, 6.45) is 9.92. The lowest BCUT2D eigenvalue weighted by atomic mass is 9.80. The van der Waals surface area contributed by atoms with E-state index in [1.54, 1.807) is 60.9 Å². The molecule has 0 unspecified atom stereocenters. The number of alkyl halides is 7. The van der Waals surface area contributed by atoms with Crippen LogP contribution in [0.15, 0.2) is 315 Å². The number of ketones is 1. The van der Waals surface area contributed by atoms with Crippen LogP contribution in [0.5, 0.6) is 28.7 Å². The number of imidazole rings is 5. The number of carboxylic acid groups (broad SMARTS) is 3. The van der Waals surface area contributed by atoms with E-state index in [-0.39, 0.29) is 66.2 Å². The molecule has 10 heterocycles. The second-order valence-electron chi connectivity index (χ2n) is 26.5. The van der Waals surface area contributed by atoms with Crippen molar-refractivity contribution in [1.29, 1.82) is 0 Å². The number of aryl methyl sites for hydroxylation is 2. The molecule has 10 aromatic heterocycles. The lowest BCUT2D eigenvalue weighted by molar-refractivity contribution is -0.140. The molecule has 0 aliphatic rings. The van der Waals surface area contributed by atoms with Crippen LogP contribution < -0.4 is 25.4 Å². The van der Waals surface area contributed by atoms with Gasteiger partial charge in [-0.15, -0.1) is 11.6 Å². The normalized spacial score (nSPS) is 10.7. The zero-order chi connectivity index (χ0) is 89.0. The molecule has 0 radical (unpaired) electrons. The number of aromatic hydroxyl groups is 2. The summed E-state index contributed by atoms with van der Waals surface area (Å²) in [4.78, 5) is 63.8. The molecule has 7 aromatic carbocycles. The average Bonchev–Trinajstić information content (AvgIpc) is 1.03. The van der Waals surface area contributed by atoms with Gasteiger partial charge >= 0.3 is 37.4 Å². The zero-order valence-corrected chi connectivity index (χ0v) is 68.0. The summed E-state index contributed by atoms with van der Waals surface area (Å²) in [5.74, 6) is -1.61. The first-order valence-corrected chi connectivity index (χ1v) is 38.5. The quantitative estimate of drug-likeness (QED) is 0.0182. The number of rotatable bonds is 17. The molecule has 0 bridgehead atoms. The third-order valence-corrected chi connectivity index (χ3v) is 18.5. The van der Waals surface area contributed by atoms with Crippen molar-refractivity contribution in [3.63, 3.8) is 0 Å². The largest absolute Gasteiger partial charge is 0.508 e. The van der Waals surface area contributed by atoms with Gasteiger partial charge in [-0.05, 0) is 240 Å². The molecule has 9 N–H and O–H groups in total. The first-order chi connectivity index (χ1) is 59.4. The van der Waals surface area contributed by atoms with Crippen LogP contribution in [-0.2, 0) is 38.0 Å². The molecule has 0 saturated carbocycles. The number of nitrogens with zero attached hydrogens (tertiary/aromatic N) is 10. The van der Waals surface area contributed by atoms with Gasteiger partial charge in [-0.25, -0.2) is 34.5 Å². The predicted octanol–water partition coefficient (Wildman–Crippen LogP) is 17.2. The number of halogens is 8. The van der Waals surface area contributed by atoms with E-state index in [0.29, 0.717) is 28.3 Å². The second-order valence-corrected chi connectivity index (χ2v) is 27.6. The summed E-state index contributed by atoms with van der Waals surface area (Å²) in [7, 11) is -1.46. The Hall–Kier alpha value is -14.8. The van der Waals surface area contributed by atoms with Gasteiger partial charge in [0.15, 0.2) is 19.0 Å². The SMILES string of the molecule is Brc1cnc2ccccn12.Cc1ccc(CC(=O)COc2ccc(-c3cnc4ccccn34)cc2)cc1C(F)(F)F.Cc1ccc(N)cc1C(F)(F)F.O=C(O)CCl.O=C(O)COc1ccc(-c2cnc3ccccn23)cc1.O=C(O)COc1ccc(-c2cnc3ccccn23)cc1.OB(O)c1ccc(O)cc1.Oc1ccc(-c2cnc3ccccn23)cc1. The molecule has 17 aromatic rings. The molecule has 34 heteroatoms. The molecule has 0 aliphatic carbocycles. The number of aromatic nitrogens is 10. The van der Waals surface area contributed by atoms with Gasteiger partial charge in [0.25, 0.3) is 0 Å². The third-order valence-electron chi connectivity index (χ3n) is 17.7. The number of benzene rings is 7. The Labute approximate surface area is 716 Å². The van der Waals surface area contributed by atoms with Crippen molar-refractivity contribution < 1.29 is 95.3 Å². The number of carbonyl (C=O) groups is 4. The molecule has 0 atom stereocenters. The molecular weight excluding hydrogens is 1700 g/mol. The highest BCUT2D eigenvalue weighted by Crippen LogP contribution is 2.35. The van der Waals surface area contributed by atoms with Gasteiger partial charge in [-0.2, -0.15) is 26.3 Å². The maximum Gasteiger partial charge on any atom is 0.488 e. The number of phenolic OH excluding ortho intramolecular Hbond substituents is 2. The number of carboxylic acids is 3. The predicted molar refractivity (Wildman–Crippen MR) is 461 cm³/mol. The van der Waals surface area contributed by atoms with E-state index in [1.807, 2.05) is 211 Å². The molecular formula is C90H76BBrClF6N11O14. The van der Waals surface area contributed by atoms with Crippen LogP contribution in [0, 0.1) is 13.8 Å². The molecule has 634 valence electrons. The minimum Gasteiger partial charge on any atom is -0.508 e. The Bertz CT molecular complexity index is 6270. The van der Waals surface area contributed by atoms with Crippen molar-refractivity contribution in [3.05, 3.63) is 343 Å². The number of hydrogen-bond donors (Lipinski definition) is 8. The van der Waals surface area contributed by atoms with Crippen LogP contribution >= 0.6 is 27.5 Å². The van der Waals surface area contributed by atoms with Crippen LogP contribution in [-0.4, -0.2) is 139 Å². The molecule has 124 heavy (non-hydrogen) atoms. The first kappa shape index (κ1) is 91.5. The van der Waals surface area contributed by atoms with Gasteiger partial charge in [-0.1, -0.05) is 60.7 Å². The fraction of sp³-hybridized carbons (Fsp3) is 0.100. The van der Waals surface area contributed by atoms with Crippen molar-refractivity contribution in [2.45, 2.75) is 32.6 Å². The number of anilines is 1. The number of hydrogen-bond acceptors (Lipinski definition) is 17. The minimum atomic E-state index is -4.44. The number of ether oxygens (including phenoxy) is 3. The smallest absolute Gasteiger partial charge is 0.488 e. The monoisotopic (exact) mass is 1770 g/mol. The summed E-state index contributed by atoms with van der Waals surface area (Å²) in [5.41, 5.74) is 17.3. The Balaban J connectivity index is 0.000000155. The van der Waals surface area contributed by atoms with Gasteiger partial charge < -0.3 is 55.5 Å². The van der Waals surface area contributed by atoms with Gasteiger partial charge in [-0.3, -0.25) is 31.6 Å². The maximum absolute atomic E-state index is 13.0. The number of Topliss-reactive ketones (excluding diaryl/α,β-unsaturated/α-hetero) is 1. The van der Waals surface area contributed by atoms with E-state index >= 15 is 0 Å². The highest BCUT2D eigenvalue weighted by Gasteiger charge is 2.33. The minimum absolute atomic E-state index is 0.115. The zero-order valence-electron chi connectivity index (χ0n) is 65.6. The fourth-order valence-electron chi connectivity index (χ4n) is 11.7. The third kappa shape index (κ3) is 26.4. The maximum atomic E-state index is 13.0. The average molecular weight is 1780 g/mol.